The van der Waals surface area contributed by atoms with Crippen LogP contribution in [0.25, 0.3) is 0 Å². The maximum atomic E-state index is 11.8. The third kappa shape index (κ3) is 1.87. The molecule has 0 amide bonds. The first kappa shape index (κ1) is 11.3. The summed E-state index contributed by atoms with van der Waals surface area (Å²) in [4.78, 5) is 16.1. The summed E-state index contributed by atoms with van der Waals surface area (Å²) in [6.07, 6.45) is 3.69. The van der Waals surface area contributed by atoms with Crippen LogP contribution in [0.1, 0.15) is 38.8 Å². The highest BCUT2D eigenvalue weighted by Crippen LogP contribution is 2.41. The van der Waals surface area contributed by atoms with Crippen LogP contribution in [0.5, 0.6) is 0 Å². The summed E-state index contributed by atoms with van der Waals surface area (Å²) in [5.41, 5.74) is 6.53. The predicted molar refractivity (Wildman–Crippen MR) is 62.7 cm³/mol. The maximum absolute atomic E-state index is 11.8. The normalized spacial score (nSPS) is 29.1. The number of carbonyl (C=O) groups is 1. The molecule has 1 fully saturated rings. The zero-order valence-electron chi connectivity index (χ0n) is 9.86. The maximum Gasteiger partial charge on any atom is 0.138 e. The van der Waals surface area contributed by atoms with Crippen LogP contribution in [0.15, 0.2) is 24.4 Å². The lowest BCUT2D eigenvalue weighted by Crippen LogP contribution is -2.48. The number of ketones is 1. The molecule has 1 aromatic heterocycles. The Bertz CT molecular complexity index is 400. The van der Waals surface area contributed by atoms with E-state index in [9.17, 15) is 4.79 Å². The van der Waals surface area contributed by atoms with Crippen molar-refractivity contribution < 1.29 is 4.79 Å². The molecule has 3 nitrogen and oxygen atoms in total. The standard InChI is InChI=1S/C13H18N2O/c1-12(2)9-13(14,7-6-11(12)16)10-5-3-4-8-15-10/h3-5,8H,6-7,9,14H2,1-2H3. The molecule has 1 aliphatic carbocycles. The fourth-order valence-corrected chi connectivity index (χ4v) is 2.53. The van der Waals surface area contributed by atoms with Gasteiger partial charge in [-0.05, 0) is 25.0 Å². The fourth-order valence-electron chi connectivity index (χ4n) is 2.53. The summed E-state index contributed by atoms with van der Waals surface area (Å²) in [6.45, 7) is 3.94. The second-order valence-electron chi connectivity index (χ2n) is 5.35. The van der Waals surface area contributed by atoms with Crippen LogP contribution in [0.4, 0.5) is 0 Å². The zero-order valence-corrected chi connectivity index (χ0v) is 9.86. The van der Waals surface area contributed by atoms with Crippen molar-refractivity contribution in [3.05, 3.63) is 30.1 Å². The Morgan fingerprint density at radius 1 is 1.38 bits per heavy atom. The van der Waals surface area contributed by atoms with Gasteiger partial charge in [-0.1, -0.05) is 19.9 Å². The van der Waals surface area contributed by atoms with Crippen molar-refractivity contribution in [3.63, 3.8) is 0 Å². The molecule has 0 bridgehead atoms. The summed E-state index contributed by atoms with van der Waals surface area (Å²) < 4.78 is 0. The largest absolute Gasteiger partial charge is 0.320 e. The molecule has 1 atom stereocenters. The molecule has 0 aliphatic heterocycles. The minimum Gasteiger partial charge on any atom is -0.320 e. The molecule has 1 saturated carbocycles. The lowest BCUT2D eigenvalue weighted by Gasteiger charge is -2.41. The third-order valence-electron chi connectivity index (χ3n) is 3.49. The second-order valence-corrected chi connectivity index (χ2v) is 5.35. The topological polar surface area (TPSA) is 56.0 Å². The van der Waals surface area contributed by atoms with Crippen LogP contribution in [0, 0.1) is 5.41 Å². The van der Waals surface area contributed by atoms with Crippen LogP contribution in [0.2, 0.25) is 0 Å². The monoisotopic (exact) mass is 218 g/mol. The van der Waals surface area contributed by atoms with Gasteiger partial charge in [-0.2, -0.15) is 0 Å². The average Bonchev–Trinajstić information content (AvgIpc) is 2.25. The van der Waals surface area contributed by atoms with E-state index in [1.807, 2.05) is 32.0 Å². The molecule has 3 heteroatoms. The summed E-state index contributed by atoms with van der Waals surface area (Å²) in [5, 5.41) is 0. The van der Waals surface area contributed by atoms with E-state index in [2.05, 4.69) is 4.98 Å². The van der Waals surface area contributed by atoms with Crippen molar-refractivity contribution in [2.45, 2.75) is 38.6 Å². The van der Waals surface area contributed by atoms with Gasteiger partial charge < -0.3 is 5.73 Å². The second kappa shape index (κ2) is 3.67. The molecule has 0 saturated heterocycles. The molecular formula is C13H18N2O. The lowest BCUT2D eigenvalue weighted by molar-refractivity contribution is -0.131. The fraction of sp³-hybridized carbons (Fsp3) is 0.538. The number of hydrogen-bond donors (Lipinski definition) is 1. The van der Waals surface area contributed by atoms with Crippen molar-refractivity contribution in [1.29, 1.82) is 0 Å². The number of nitrogens with zero attached hydrogens (tertiary/aromatic N) is 1. The Morgan fingerprint density at radius 3 is 2.69 bits per heavy atom. The highest BCUT2D eigenvalue weighted by Gasteiger charge is 2.43. The van der Waals surface area contributed by atoms with Gasteiger partial charge in [-0.15, -0.1) is 0 Å². The summed E-state index contributed by atoms with van der Waals surface area (Å²) in [7, 11) is 0. The molecular weight excluding hydrogens is 200 g/mol. The van der Waals surface area contributed by atoms with E-state index in [1.54, 1.807) is 6.20 Å². The van der Waals surface area contributed by atoms with E-state index >= 15 is 0 Å². The van der Waals surface area contributed by atoms with Gasteiger partial charge in [0.15, 0.2) is 0 Å². The predicted octanol–water partition coefficient (Wildman–Crippen LogP) is 2.01. The van der Waals surface area contributed by atoms with Gasteiger partial charge in [0.05, 0.1) is 11.2 Å². The van der Waals surface area contributed by atoms with Gasteiger partial charge in [-0.3, -0.25) is 9.78 Å². The SMILES string of the molecule is CC1(C)CC(N)(c2ccccn2)CCC1=O. The molecule has 1 heterocycles. The van der Waals surface area contributed by atoms with Gasteiger partial charge in [0, 0.05) is 18.0 Å². The first-order valence-electron chi connectivity index (χ1n) is 5.68. The molecule has 16 heavy (non-hydrogen) atoms. The Kier molecular flexibility index (Phi) is 2.58. The number of pyridine rings is 1. The Labute approximate surface area is 96.1 Å². The molecule has 1 aromatic rings. The van der Waals surface area contributed by atoms with Crippen LogP contribution >= 0.6 is 0 Å². The van der Waals surface area contributed by atoms with E-state index in [4.69, 9.17) is 5.73 Å². The molecule has 0 aromatic carbocycles. The third-order valence-corrected chi connectivity index (χ3v) is 3.49. The van der Waals surface area contributed by atoms with Crippen LogP contribution in [-0.2, 0) is 10.3 Å². The summed E-state index contributed by atoms with van der Waals surface area (Å²) in [6, 6.07) is 5.78. The molecule has 1 unspecified atom stereocenters. The summed E-state index contributed by atoms with van der Waals surface area (Å²) in [5.74, 6) is 0.310. The highest BCUT2D eigenvalue weighted by molar-refractivity contribution is 5.85. The number of nitrogens with two attached hydrogens (primary N) is 1. The minimum atomic E-state index is -0.446. The lowest BCUT2D eigenvalue weighted by atomic mass is 9.66. The smallest absolute Gasteiger partial charge is 0.138 e. The van der Waals surface area contributed by atoms with Gasteiger partial charge >= 0.3 is 0 Å². The Balaban J connectivity index is 2.31. The van der Waals surface area contributed by atoms with E-state index in [0.717, 1.165) is 5.69 Å². The first-order chi connectivity index (χ1) is 7.44. The zero-order chi connectivity index (χ0) is 11.8. The van der Waals surface area contributed by atoms with Crippen LogP contribution < -0.4 is 5.73 Å². The van der Waals surface area contributed by atoms with Crippen molar-refractivity contribution in [2.75, 3.05) is 0 Å². The number of aromatic nitrogens is 1. The van der Waals surface area contributed by atoms with Crippen molar-refractivity contribution in [1.82, 2.24) is 4.98 Å². The van der Waals surface area contributed by atoms with Crippen LogP contribution in [0.3, 0.4) is 0 Å². The highest BCUT2D eigenvalue weighted by atomic mass is 16.1. The van der Waals surface area contributed by atoms with E-state index < -0.39 is 5.54 Å². The summed E-state index contributed by atoms with van der Waals surface area (Å²) >= 11 is 0. The number of hydrogen-bond acceptors (Lipinski definition) is 3. The molecule has 1 aliphatic rings. The molecule has 86 valence electrons. The van der Waals surface area contributed by atoms with Gasteiger partial charge in [-0.25, -0.2) is 0 Å². The molecule has 2 N–H and O–H groups in total. The molecule has 0 radical (unpaired) electrons. The first-order valence-corrected chi connectivity index (χ1v) is 5.68. The molecule has 0 spiro atoms. The van der Waals surface area contributed by atoms with Crippen molar-refractivity contribution in [2.24, 2.45) is 11.1 Å². The van der Waals surface area contributed by atoms with Crippen LogP contribution in [-0.4, -0.2) is 10.8 Å². The van der Waals surface area contributed by atoms with E-state index in [-0.39, 0.29) is 5.41 Å². The number of carbonyl (C=O) groups excluding carboxylic acids is 1. The van der Waals surface area contributed by atoms with E-state index in [0.29, 0.717) is 25.0 Å². The average molecular weight is 218 g/mol. The van der Waals surface area contributed by atoms with Gasteiger partial charge in [0.1, 0.15) is 5.78 Å². The van der Waals surface area contributed by atoms with Gasteiger partial charge in [0.2, 0.25) is 0 Å². The number of Topliss-reactive ketones (excluding diaryl/α,β-unsaturated/α-hetero) is 1. The van der Waals surface area contributed by atoms with Crippen molar-refractivity contribution >= 4 is 5.78 Å². The number of rotatable bonds is 1. The quantitative estimate of drug-likeness (QED) is 0.784. The Morgan fingerprint density at radius 2 is 2.12 bits per heavy atom. The van der Waals surface area contributed by atoms with Gasteiger partial charge in [0.25, 0.3) is 0 Å². The Hall–Kier alpha value is -1.22. The van der Waals surface area contributed by atoms with Crippen molar-refractivity contribution in [3.8, 4) is 0 Å². The minimum absolute atomic E-state index is 0.310. The molecule has 2 rings (SSSR count). The van der Waals surface area contributed by atoms with E-state index in [1.165, 1.54) is 0 Å².